The maximum atomic E-state index is 11.1. The fourth-order valence-electron chi connectivity index (χ4n) is 2.64. The van der Waals surface area contributed by atoms with Gasteiger partial charge in [-0.25, -0.2) is 4.98 Å². The monoisotopic (exact) mass is 413 g/mol. The third kappa shape index (κ3) is 5.84. The molecule has 0 saturated carbocycles. The molecular weight excluding hydrogens is 390 g/mol. The van der Waals surface area contributed by atoms with Crippen LogP contribution in [-0.2, 0) is 4.79 Å². The molecule has 1 aromatic heterocycles. The molecule has 6 heteroatoms. The van der Waals surface area contributed by atoms with Gasteiger partial charge in [-0.05, 0) is 42.3 Å². The predicted octanol–water partition coefficient (Wildman–Crippen LogP) is 6.18. The number of ether oxygens (including phenoxy) is 1. The molecule has 0 saturated heterocycles. The minimum absolute atomic E-state index is 0.000379. The molecule has 0 fully saturated rings. The molecule has 1 heterocycles. The Morgan fingerprint density at radius 1 is 1.18 bits per heavy atom. The lowest BCUT2D eigenvalue weighted by Crippen LogP contribution is -1.98. The van der Waals surface area contributed by atoms with E-state index in [4.69, 9.17) is 9.84 Å². The second-order valence-corrected chi connectivity index (χ2v) is 8.35. The Morgan fingerprint density at radius 2 is 1.96 bits per heavy atom. The van der Waals surface area contributed by atoms with Gasteiger partial charge in [0.1, 0.15) is 10.8 Å². The second kappa shape index (κ2) is 10.3. The normalized spacial score (nSPS) is 11.7. The van der Waals surface area contributed by atoms with Crippen LogP contribution in [0.2, 0.25) is 0 Å². The van der Waals surface area contributed by atoms with Crippen molar-refractivity contribution in [3.8, 4) is 5.75 Å². The van der Waals surface area contributed by atoms with Gasteiger partial charge in [-0.1, -0.05) is 44.0 Å². The van der Waals surface area contributed by atoms with Crippen molar-refractivity contribution in [2.75, 3.05) is 12.4 Å². The lowest BCUT2D eigenvalue weighted by atomic mass is 10.2. The Morgan fingerprint density at radius 3 is 2.68 bits per heavy atom. The third-order valence-electron chi connectivity index (χ3n) is 4.05. The molecule has 0 atom stereocenters. The Kier molecular flexibility index (Phi) is 7.51. The molecule has 0 aliphatic rings. The third-order valence-corrected chi connectivity index (χ3v) is 6.26. The van der Waals surface area contributed by atoms with Crippen LogP contribution in [0.3, 0.4) is 0 Å². The summed E-state index contributed by atoms with van der Waals surface area (Å²) in [4.78, 5) is 16.6. The number of carbonyl (C=O) groups is 1. The van der Waals surface area contributed by atoms with Crippen LogP contribution in [0.15, 0.2) is 48.5 Å². The summed E-state index contributed by atoms with van der Waals surface area (Å²) in [5.74, 6) is 0.0150. The average molecular weight is 414 g/mol. The van der Waals surface area contributed by atoms with Gasteiger partial charge in [-0.3, -0.25) is 4.79 Å². The van der Waals surface area contributed by atoms with Gasteiger partial charge in [0.05, 0.1) is 22.6 Å². The Labute approximate surface area is 173 Å². The lowest BCUT2D eigenvalue weighted by molar-refractivity contribution is -0.133. The zero-order valence-electron chi connectivity index (χ0n) is 15.8. The van der Waals surface area contributed by atoms with Crippen LogP contribution in [0.4, 0.5) is 0 Å². The van der Waals surface area contributed by atoms with Crippen molar-refractivity contribution in [2.24, 2.45) is 0 Å². The summed E-state index contributed by atoms with van der Waals surface area (Å²) in [6.45, 7) is 2.90. The maximum Gasteiger partial charge on any atom is 0.313 e. The molecule has 0 bridgehead atoms. The van der Waals surface area contributed by atoms with Crippen LogP contribution in [0.1, 0.15) is 36.8 Å². The molecule has 2 aromatic carbocycles. The second-order valence-electron chi connectivity index (χ2n) is 6.30. The Balaban J connectivity index is 1.79. The van der Waals surface area contributed by atoms with Gasteiger partial charge >= 0.3 is 5.97 Å². The highest BCUT2D eigenvalue weighted by molar-refractivity contribution is 8.09. The topological polar surface area (TPSA) is 59.4 Å². The lowest BCUT2D eigenvalue weighted by Gasteiger charge is -2.06. The van der Waals surface area contributed by atoms with E-state index in [1.54, 1.807) is 11.3 Å². The first kappa shape index (κ1) is 20.4. The summed E-state index contributed by atoms with van der Waals surface area (Å²) in [7, 11) is 0. The molecule has 4 nitrogen and oxygen atoms in total. The number of benzene rings is 2. The van der Waals surface area contributed by atoms with Crippen molar-refractivity contribution in [1.29, 1.82) is 0 Å². The smallest absolute Gasteiger partial charge is 0.313 e. The zero-order chi connectivity index (χ0) is 19.8. The fraction of sp³-hybridized carbons (Fsp3) is 0.273. The molecule has 1 N–H and O–H groups in total. The number of unbranched alkanes of at least 4 members (excludes halogenated alkanes) is 2. The summed E-state index contributed by atoms with van der Waals surface area (Å²) in [6, 6.07) is 15.8. The van der Waals surface area contributed by atoms with Gasteiger partial charge in [0, 0.05) is 4.91 Å². The molecule has 0 radical (unpaired) electrons. The van der Waals surface area contributed by atoms with Gasteiger partial charge in [-0.2, -0.15) is 0 Å². The van der Waals surface area contributed by atoms with E-state index in [0.717, 1.165) is 44.5 Å². The highest BCUT2D eigenvalue weighted by Gasteiger charge is 2.11. The van der Waals surface area contributed by atoms with E-state index in [0.29, 0.717) is 0 Å². The van der Waals surface area contributed by atoms with Gasteiger partial charge in [0.2, 0.25) is 0 Å². The van der Waals surface area contributed by atoms with E-state index in [-0.39, 0.29) is 5.75 Å². The molecule has 3 aromatic rings. The van der Waals surface area contributed by atoms with E-state index in [2.05, 4.69) is 11.9 Å². The molecule has 3 rings (SSSR count). The van der Waals surface area contributed by atoms with Gasteiger partial charge in [0.25, 0.3) is 0 Å². The number of hydrogen-bond acceptors (Lipinski definition) is 5. The van der Waals surface area contributed by atoms with Crippen molar-refractivity contribution < 1.29 is 14.6 Å². The van der Waals surface area contributed by atoms with Crippen molar-refractivity contribution in [1.82, 2.24) is 4.98 Å². The van der Waals surface area contributed by atoms with E-state index >= 15 is 0 Å². The largest absolute Gasteiger partial charge is 0.494 e. The van der Waals surface area contributed by atoms with Gasteiger partial charge < -0.3 is 9.84 Å². The first-order chi connectivity index (χ1) is 13.7. The first-order valence-corrected chi connectivity index (χ1v) is 11.1. The summed E-state index contributed by atoms with van der Waals surface area (Å²) in [5, 5.41) is 9.93. The van der Waals surface area contributed by atoms with E-state index in [1.807, 2.05) is 54.6 Å². The SMILES string of the molecule is CCCCCOc1ccc(/C=C(\SCC(=O)O)c2nc3ccccc3s2)cc1. The molecular formula is C22H23NO3S2. The molecule has 0 spiro atoms. The van der Waals surface area contributed by atoms with Crippen molar-refractivity contribution in [3.05, 3.63) is 59.1 Å². The summed E-state index contributed by atoms with van der Waals surface area (Å²) in [5.41, 5.74) is 1.92. The van der Waals surface area contributed by atoms with Crippen LogP contribution in [0.25, 0.3) is 21.2 Å². The highest BCUT2D eigenvalue weighted by atomic mass is 32.2. The van der Waals surface area contributed by atoms with Crippen LogP contribution < -0.4 is 4.74 Å². The standard InChI is InChI=1S/C22H23NO3S2/c1-2-3-6-13-26-17-11-9-16(10-12-17)14-20(27-15-21(24)25)22-23-18-7-4-5-8-19(18)28-22/h4-5,7-12,14H,2-3,6,13,15H2,1H3,(H,24,25)/b20-14-. The van der Waals surface area contributed by atoms with Gasteiger partial charge in [-0.15, -0.1) is 23.1 Å². The van der Waals surface area contributed by atoms with Crippen LogP contribution >= 0.6 is 23.1 Å². The quantitative estimate of drug-likeness (QED) is 0.402. The summed E-state index contributed by atoms with van der Waals surface area (Å²) in [6.07, 6.45) is 5.40. The summed E-state index contributed by atoms with van der Waals surface area (Å²) >= 11 is 2.87. The predicted molar refractivity (Wildman–Crippen MR) is 119 cm³/mol. The molecule has 0 amide bonds. The number of aliphatic carboxylic acids is 1. The number of nitrogens with zero attached hydrogens (tertiary/aromatic N) is 1. The summed E-state index contributed by atoms with van der Waals surface area (Å²) < 4.78 is 6.85. The highest BCUT2D eigenvalue weighted by Crippen LogP contribution is 2.35. The van der Waals surface area contributed by atoms with Crippen molar-refractivity contribution >= 4 is 50.3 Å². The van der Waals surface area contributed by atoms with Crippen LogP contribution in [0.5, 0.6) is 5.75 Å². The number of carboxylic acids is 1. The van der Waals surface area contributed by atoms with Crippen LogP contribution in [0, 0.1) is 0 Å². The number of para-hydroxylation sites is 1. The number of thioether (sulfide) groups is 1. The van der Waals surface area contributed by atoms with Crippen molar-refractivity contribution in [3.63, 3.8) is 0 Å². The molecule has 146 valence electrons. The van der Waals surface area contributed by atoms with Crippen LogP contribution in [-0.4, -0.2) is 28.4 Å². The molecule has 28 heavy (non-hydrogen) atoms. The number of carboxylic acid groups (broad SMARTS) is 1. The minimum Gasteiger partial charge on any atom is -0.494 e. The number of rotatable bonds is 10. The number of hydrogen-bond donors (Lipinski definition) is 1. The number of thiazole rings is 1. The molecule has 0 unspecified atom stereocenters. The Hall–Kier alpha value is -2.31. The maximum absolute atomic E-state index is 11.1. The zero-order valence-corrected chi connectivity index (χ0v) is 17.4. The van der Waals surface area contributed by atoms with E-state index < -0.39 is 5.97 Å². The first-order valence-electron chi connectivity index (χ1n) is 9.31. The van der Waals surface area contributed by atoms with E-state index in [9.17, 15) is 4.79 Å². The molecule has 0 aliphatic heterocycles. The Bertz CT molecular complexity index is 915. The number of aromatic nitrogens is 1. The van der Waals surface area contributed by atoms with E-state index in [1.165, 1.54) is 24.6 Å². The molecule has 0 aliphatic carbocycles. The van der Waals surface area contributed by atoms with Crippen molar-refractivity contribution in [2.45, 2.75) is 26.2 Å². The average Bonchev–Trinajstić information content (AvgIpc) is 3.13. The minimum atomic E-state index is -0.840. The fourth-order valence-corrected chi connectivity index (χ4v) is 4.48. The van der Waals surface area contributed by atoms with Gasteiger partial charge in [0.15, 0.2) is 0 Å². The number of fused-ring (bicyclic) bond motifs is 1.